The molecule has 0 amide bonds. The molecule has 2 aliphatic carbocycles. The number of hydrogen-bond donors (Lipinski definition) is 0. The second-order valence-electron chi connectivity index (χ2n) is 7.18. The predicted molar refractivity (Wildman–Crippen MR) is 74.0 cm³/mol. The number of fused-ring (bicyclic) bond motifs is 2. The van der Waals surface area contributed by atoms with E-state index in [-0.39, 0.29) is 5.41 Å². The van der Waals surface area contributed by atoms with E-state index in [9.17, 15) is 4.79 Å². The Balaban J connectivity index is 2.15. The Kier molecular flexibility index (Phi) is 2.30. The zero-order valence-electron chi connectivity index (χ0n) is 11.9. The number of ketones is 1. The fourth-order valence-electron chi connectivity index (χ4n) is 3.50. The smallest absolute Gasteiger partial charge is 0.137 e. The van der Waals surface area contributed by atoms with Gasteiger partial charge >= 0.3 is 0 Å². The van der Waals surface area contributed by atoms with Gasteiger partial charge in [-0.3, -0.25) is 4.79 Å². The second-order valence-corrected chi connectivity index (χ2v) is 7.18. The molecule has 1 aromatic carbocycles. The van der Waals surface area contributed by atoms with Crippen LogP contribution in [0.15, 0.2) is 12.1 Å². The van der Waals surface area contributed by atoms with Crippen LogP contribution in [0, 0.1) is 5.41 Å². The largest absolute Gasteiger partial charge is 0.299 e. The highest BCUT2D eigenvalue weighted by molar-refractivity contribution is 5.83. The highest BCUT2D eigenvalue weighted by atomic mass is 16.1. The van der Waals surface area contributed by atoms with Crippen LogP contribution in [0.1, 0.15) is 56.4 Å². The molecule has 1 nitrogen and oxygen atoms in total. The number of carbonyl (C=O) groups excluding carboxylic acids is 1. The van der Waals surface area contributed by atoms with Crippen LogP contribution in [0.25, 0.3) is 0 Å². The molecule has 0 heterocycles. The fraction of sp³-hybridized carbons (Fsp3) is 0.588. The molecular formula is C17H22O. The van der Waals surface area contributed by atoms with E-state index in [0.717, 1.165) is 19.3 Å². The van der Waals surface area contributed by atoms with E-state index >= 15 is 0 Å². The number of aryl methyl sites for hydroxylation is 1. The topological polar surface area (TPSA) is 17.1 Å². The van der Waals surface area contributed by atoms with Crippen LogP contribution in [0.2, 0.25) is 0 Å². The van der Waals surface area contributed by atoms with E-state index in [2.05, 4.69) is 39.8 Å². The molecule has 0 radical (unpaired) electrons. The van der Waals surface area contributed by atoms with E-state index in [1.54, 1.807) is 0 Å². The lowest BCUT2D eigenvalue weighted by atomic mass is 9.68. The molecule has 1 heteroatoms. The molecule has 0 fully saturated rings. The van der Waals surface area contributed by atoms with Crippen LogP contribution in [0.4, 0.5) is 0 Å². The summed E-state index contributed by atoms with van der Waals surface area (Å²) in [5.41, 5.74) is 6.21. The number of rotatable bonds is 0. The van der Waals surface area contributed by atoms with Gasteiger partial charge in [-0.15, -0.1) is 0 Å². The molecule has 0 spiro atoms. The van der Waals surface area contributed by atoms with Crippen LogP contribution >= 0.6 is 0 Å². The van der Waals surface area contributed by atoms with E-state index in [4.69, 9.17) is 0 Å². The van der Waals surface area contributed by atoms with E-state index < -0.39 is 0 Å². The molecule has 0 N–H and O–H groups in total. The molecule has 18 heavy (non-hydrogen) atoms. The van der Waals surface area contributed by atoms with Crippen molar-refractivity contribution < 1.29 is 4.79 Å². The Labute approximate surface area is 110 Å². The molecule has 0 unspecified atom stereocenters. The molecule has 2 aliphatic rings. The maximum Gasteiger partial charge on any atom is 0.137 e. The lowest BCUT2D eigenvalue weighted by Crippen LogP contribution is -2.32. The fourth-order valence-corrected chi connectivity index (χ4v) is 3.50. The van der Waals surface area contributed by atoms with Gasteiger partial charge in [0, 0.05) is 12.8 Å². The van der Waals surface area contributed by atoms with Gasteiger partial charge < -0.3 is 0 Å². The van der Waals surface area contributed by atoms with Crippen LogP contribution in [-0.2, 0) is 29.5 Å². The number of Topliss-reactive ketones (excluding diaryl/α,β-unsaturated/α-hetero) is 1. The maximum absolute atomic E-state index is 11.6. The zero-order valence-corrected chi connectivity index (χ0v) is 11.9. The minimum atomic E-state index is 0.206. The molecule has 0 saturated carbocycles. The number of hydrogen-bond acceptors (Lipinski definition) is 1. The van der Waals surface area contributed by atoms with Crippen LogP contribution in [-0.4, -0.2) is 5.78 Å². The first-order valence-electron chi connectivity index (χ1n) is 6.98. The summed E-state index contributed by atoms with van der Waals surface area (Å²) < 4.78 is 0. The van der Waals surface area contributed by atoms with Crippen molar-refractivity contribution in [2.75, 3.05) is 0 Å². The van der Waals surface area contributed by atoms with Gasteiger partial charge in [-0.2, -0.15) is 0 Å². The van der Waals surface area contributed by atoms with Gasteiger partial charge in [-0.25, -0.2) is 0 Å². The summed E-state index contributed by atoms with van der Waals surface area (Å²) in [6.07, 6.45) is 3.50. The average Bonchev–Trinajstić information content (AvgIpc) is 2.43. The van der Waals surface area contributed by atoms with Crippen molar-refractivity contribution in [3.05, 3.63) is 34.4 Å². The monoisotopic (exact) mass is 242 g/mol. The van der Waals surface area contributed by atoms with E-state index in [1.165, 1.54) is 22.3 Å². The van der Waals surface area contributed by atoms with Crippen molar-refractivity contribution in [1.82, 2.24) is 0 Å². The van der Waals surface area contributed by atoms with Crippen LogP contribution in [0.3, 0.4) is 0 Å². The Morgan fingerprint density at radius 2 is 1.67 bits per heavy atom. The summed E-state index contributed by atoms with van der Waals surface area (Å²) >= 11 is 0. The summed E-state index contributed by atoms with van der Waals surface area (Å²) in [4.78, 5) is 11.6. The SMILES string of the molecule is CC1(C)Cc2cc3c(cc2C1(C)C)CC(=O)CC3. The first-order chi connectivity index (χ1) is 8.31. The molecule has 0 saturated heterocycles. The molecule has 0 aromatic heterocycles. The van der Waals surface area contributed by atoms with Crippen LogP contribution in [0.5, 0.6) is 0 Å². The van der Waals surface area contributed by atoms with Crippen molar-refractivity contribution in [3.63, 3.8) is 0 Å². The Hall–Kier alpha value is -1.11. The zero-order chi connectivity index (χ0) is 13.1. The van der Waals surface area contributed by atoms with Gasteiger partial charge in [0.05, 0.1) is 0 Å². The Morgan fingerprint density at radius 1 is 0.944 bits per heavy atom. The number of carbonyl (C=O) groups is 1. The van der Waals surface area contributed by atoms with Gasteiger partial charge in [-0.05, 0) is 45.9 Å². The van der Waals surface area contributed by atoms with E-state index in [0.29, 0.717) is 17.6 Å². The van der Waals surface area contributed by atoms with Crippen molar-refractivity contribution in [2.24, 2.45) is 5.41 Å². The molecule has 0 bridgehead atoms. The number of benzene rings is 1. The van der Waals surface area contributed by atoms with Gasteiger partial charge in [0.15, 0.2) is 0 Å². The van der Waals surface area contributed by atoms with Crippen molar-refractivity contribution in [1.29, 1.82) is 0 Å². The highest BCUT2D eigenvalue weighted by Gasteiger charge is 2.45. The predicted octanol–water partition coefficient (Wildman–Crippen LogP) is 3.60. The van der Waals surface area contributed by atoms with Gasteiger partial charge in [0.1, 0.15) is 5.78 Å². The standard InChI is InChI=1S/C17H22O/c1-16(2)10-13-7-11-5-6-14(18)8-12(11)9-15(13)17(16,3)4/h7,9H,5-6,8,10H2,1-4H3. The summed E-state index contributed by atoms with van der Waals surface area (Å²) in [6.45, 7) is 9.40. The molecule has 0 atom stereocenters. The third-order valence-corrected chi connectivity index (χ3v) is 5.48. The first kappa shape index (κ1) is 12.0. The van der Waals surface area contributed by atoms with Crippen molar-refractivity contribution >= 4 is 5.78 Å². The summed E-state index contributed by atoms with van der Waals surface area (Å²) in [7, 11) is 0. The van der Waals surface area contributed by atoms with E-state index in [1.807, 2.05) is 0 Å². The minimum absolute atomic E-state index is 0.206. The molecule has 3 rings (SSSR count). The van der Waals surface area contributed by atoms with Crippen LogP contribution < -0.4 is 0 Å². The average molecular weight is 242 g/mol. The maximum atomic E-state index is 11.6. The lowest BCUT2D eigenvalue weighted by Gasteiger charge is -2.36. The van der Waals surface area contributed by atoms with Crippen molar-refractivity contribution in [3.8, 4) is 0 Å². The summed E-state index contributed by atoms with van der Waals surface area (Å²) in [5, 5.41) is 0. The van der Waals surface area contributed by atoms with Gasteiger partial charge in [0.2, 0.25) is 0 Å². The molecule has 0 aliphatic heterocycles. The molecular weight excluding hydrogens is 220 g/mol. The summed E-state index contributed by atoms with van der Waals surface area (Å²) in [5.74, 6) is 0.400. The molecule has 1 aromatic rings. The first-order valence-corrected chi connectivity index (χ1v) is 6.98. The molecule has 96 valence electrons. The Bertz CT molecular complexity index is 535. The quantitative estimate of drug-likeness (QED) is 0.679. The minimum Gasteiger partial charge on any atom is -0.299 e. The highest BCUT2D eigenvalue weighted by Crippen LogP contribution is 2.51. The van der Waals surface area contributed by atoms with Crippen molar-refractivity contribution in [2.45, 2.75) is 58.8 Å². The second kappa shape index (κ2) is 3.46. The summed E-state index contributed by atoms with van der Waals surface area (Å²) in [6, 6.07) is 4.71. The third-order valence-electron chi connectivity index (χ3n) is 5.48. The van der Waals surface area contributed by atoms with Gasteiger partial charge in [0.25, 0.3) is 0 Å². The third kappa shape index (κ3) is 1.49. The Morgan fingerprint density at radius 3 is 2.39 bits per heavy atom. The lowest BCUT2D eigenvalue weighted by molar-refractivity contribution is -0.118. The van der Waals surface area contributed by atoms with Gasteiger partial charge in [-0.1, -0.05) is 39.8 Å². The normalized spacial score (nSPS) is 23.7.